The van der Waals surface area contributed by atoms with E-state index in [9.17, 15) is 4.79 Å². The quantitative estimate of drug-likeness (QED) is 0.924. The number of thiophene rings is 1. The van der Waals surface area contributed by atoms with E-state index in [1.165, 1.54) is 0 Å². The fourth-order valence-corrected chi connectivity index (χ4v) is 3.13. The highest BCUT2D eigenvalue weighted by Gasteiger charge is 2.22. The lowest BCUT2D eigenvalue weighted by Gasteiger charge is -2.13. The van der Waals surface area contributed by atoms with Gasteiger partial charge in [0.25, 0.3) is 0 Å². The molecular weight excluding hydrogens is 260 g/mol. The van der Waals surface area contributed by atoms with E-state index < -0.39 is 0 Å². The lowest BCUT2D eigenvalue weighted by Crippen LogP contribution is -2.29. The Bertz CT molecular complexity index is 575. The van der Waals surface area contributed by atoms with Crippen molar-refractivity contribution in [1.29, 1.82) is 0 Å². The number of rotatable bonds is 4. The van der Waals surface area contributed by atoms with Crippen molar-refractivity contribution in [2.24, 2.45) is 0 Å². The standard InChI is InChI=1S/C13H16N4OS/c1-9(13-16-15-11-5-2-6-17(11)13)14-12(18)8-10-4-3-7-19-10/h3-4,7,9H,2,5-6,8H2,1H3,(H,14,18). The van der Waals surface area contributed by atoms with Crippen LogP contribution in [0.5, 0.6) is 0 Å². The molecule has 0 radical (unpaired) electrons. The van der Waals surface area contributed by atoms with E-state index >= 15 is 0 Å². The summed E-state index contributed by atoms with van der Waals surface area (Å²) in [7, 11) is 0. The first-order valence-electron chi connectivity index (χ1n) is 6.48. The number of aryl methyl sites for hydroxylation is 1. The zero-order chi connectivity index (χ0) is 13.2. The summed E-state index contributed by atoms with van der Waals surface area (Å²) >= 11 is 1.60. The van der Waals surface area contributed by atoms with Crippen molar-refractivity contribution in [1.82, 2.24) is 20.1 Å². The molecule has 0 aromatic carbocycles. The molecule has 0 bridgehead atoms. The summed E-state index contributed by atoms with van der Waals surface area (Å²) in [6, 6.07) is 3.85. The second-order valence-electron chi connectivity index (χ2n) is 4.77. The first-order valence-corrected chi connectivity index (χ1v) is 7.35. The van der Waals surface area contributed by atoms with Gasteiger partial charge >= 0.3 is 0 Å². The molecule has 3 rings (SSSR count). The van der Waals surface area contributed by atoms with Crippen LogP contribution in [0.15, 0.2) is 17.5 Å². The molecule has 3 heterocycles. The number of amides is 1. The number of carbonyl (C=O) groups is 1. The summed E-state index contributed by atoms with van der Waals surface area (Å²) in [5.41, 5.74) is 0. The molecule has 1 N–H and O–H groups in total. The van der Waals surface area contributed by atoms with Gasteiger partial charge in [0.2, 0.25) is 5.91 Å². The van der Waals surface area contributed by atoms with E-state index in [2.05, 4.69) is 20.1 Å². The Morgan fingerprint density at radius 3 is 3.26 bits per heavy atom. The van der Waals surface area contributed by atoms with Gasteiger partial charge < -0.3 is 9.88 Å². The minimum atomic E-state index is -0.0909. The van der Waals surface area contributed by atoms with Crippen molar-refractivity contribution >= 4 is 17.2 Å². The number of hydrogen-bond donors (Lipinski definition) is 1. The van der Waals surface area contributed by atoms with E-state index in [4.69, 9.17) is 0 Å². The lowest BCUT2D eigenvalue weighted by molar-refractivity contribution is -0.121. The zero-order valence-corrected chi connectivity index (χ0v) is 11.6. The molecule has 1 amide bonds. The highest BCUT2D eigenvalue weighted by atomic mass is 32.1. The molecule has 1 aliphatic rings. The number of aromatic nitrogens is 3. The van der Waals surface area contributed by atoms with Crippen molar-refractivity contribution in [3.63, 3.8) is 0 Å². The van der Waals surface area contributed by atoms with E-state index in [1.807, 2.05) is 24.4 Å². The fraction of sp³-hybridized carbons (Fsp3) is 0.462. The Morgan fingerprint density at radius 1 is 1.58 bits per heavy atom. The van der Waals surface area contributed by atoms with Crippen LogP contribution in [0.4, 0.5) is 0 Å². The van der Waals surface area contributed by atoms with Crippen LogP contribution >= 0.6 is 11.3 Å². The van der Waals surface area contributed by atoms with Gasteiger partial charge in [0.15, 0.2) is 5.82 Å². The number of nitrogens with one attached hydrogen (secondary N) is 1. The zero-order valence-electron chi connectivity index (χ0n) is 10.8. The van der Waals surface area contributed by atoms with Gasteiger partial charge in [-0.15, -0.1) is 21.5 Å². The van der Waals surface area contributed by atoms with E-state index in [-0.39, 0.29) is 11.9 Å². The molecule has 0 spiro atoms. The van der Waals surface area contributed by atoms with Gasteiger partial charge in [0.1, 0.15) is 5.82 Å². The first-order chi connectivity index (χ1) is 9.24. The second kappa shape index (κ2) is 5.13. The van der Waals surface area contributed by atoms with Crippen molar-refractivity contribution in [2.75, 3.05) is 0 Å². The lowest BCUT2D eigenvalue weighted by atomic mass is 10.2. The Labute approximate surface area is 115 Å². The van der Waals surface area contributed by atoms with Crippen molar-refractivity contribution in [3.05, 3.63) is 34.0 Å². The number of fused-ring (bicyclic) bond motifs is 1. The molecule has 0 saturated heterocycles. The van der Waals surface area contributed by atoms with Gasteiger partial charge in [0.05, 0.1) is 12.5 Å². The topological polar surface area (TPSA) is 59.8 Å². The van der Waals surface area contributed by atoms with Crippen LogP contribution in [-0.2, 0) is 24.2 Å². The molecule has 1 atom stereocenters. The minimum Gasteiger partial charge on any atom is -0.346 e. The molecule has 0 fully saturated rings. The van der Waals surface area contributed by atoms with Crippen LogP contribution < -0.4 is 5.32 Å². The predicted molar refractivity (Wildman–Crippen MR) is 72.9 cm³/mol. The van der Waals surface area contributed by atoms with Gasteiger partial charge in [-0.25, -0.2) is 0 Å². The number of nitrogens with zero attached hydrogens (tertiary/aromatic N) is 3. The van der Waals surface area contributed by atoms with E-state index in [0.717, 1.165) is 35.9 Å². The maximum Gasteiger partial charge on any atom is 0.225 e. The average Bonchev–Trinajstić information content (AvgIpc) is 3.03. The molecule has 0 aliphatic carbocycles. The van der Waals surface area contributed by atoms with Gasteiger partial charge in [0, 0.05) is 17.8 Å². The molecule has 2 aromatic rings. The summed E-state index contributed by atoms with van der Waals surface area (Å²) in [6.07, 6.45) is 2.54. The van der Waals surface area contributed by atoms with Crippen molar-refractivity contribution < 1.29 is 4.79 Å². The van der Waals surface area contributed by atoms with Crippen LogP contribution in [0.3, 0.4) is 0 Å². The summed E-state index contributed by atoms with van der Waals surface area (Å²) < 4.78 is 2.12. The molecule has 1 unspecified atom stereocenters. The monoisotopic (exact) mass is 276 g/mol. The van der Waals surface area contributed by atoms with Crippen LogP contribution in [0, 0.1) is 0 Å². The number of hydrogen-bond acceptors (Lipinski definition) is 4. The molecule has 2 aromatic heterocycles. The summed E-state index contributed by atoms with van der Waals surface area (Å²) in [5, 5.41) is 13.3. The predicted octanol–water partition coefficient (Wildman–Crippen LogP) is 1.71. The molecule has 0 saturated carbocycles. The van der Waals surface area contributed by atoms with Gasteiger partial charge in [-0.3, -0.25) is 4.79 Å². The molecule has 1 aliphatic heterocycles. The Morgan fingerprint density at radius 2 is 2.47 bits per heavy atom. The van der Waals surface area contributed by atoms with Gasteiger partial charge in [-0.2, -0.15) is 0 Å². The Balaban J connectivity index is 1.64. The third-order valence-corrected chi connectivity index (χ3v) is 4.19. The molecule has 5 nitrogen and oxygen atoms in total. The molecule has 6 heteroatoms. The smallest absolute Gasteiger partial charge is 0.225 e. The largest absolute Gasteiger partial charge is 0.346 e. The molecule has 19 heavy (non-hydrogen) atoms. The third-order valence-electron chi connectivity index (χ3n) is 3.32. The van der Waals surface area contributed by atoms with Gasteiger partial charge in [-0.05, 0) is 24.8 Å². The van der Waals surface area contributed by atoms with Crippen LogP contribution in [0.1, 0.15) is 35.9 Å². The Kier molecular flexibility index (Phi) is 3.33. The second-order valence-corrected chi connectivity index (χ2v) is 5.81. The highest BCUT2D eigenvalue weighted by Crippen LogP contribution is 2.19. The molecular formula is C13H16N4OS. The van der Waals surface area contributed by atoms with E-state index in [1.54, 1.807) is 11.3 Å². The van der Waals surface area contributed by atoms with Crippen molar-refractivity contribution in [3.8, 4) is 0 Å². The number of carbonyl (C=O) groups excluding carboxylic acids is 1. The third kappa shape index (κ3) is 2.53. The summed E-state index contributed by atoms with van der Waals surface area (Å²) in [4.78, 5) is 13.0. The minimum absolute atomic E-state index is 0.0327. The van der Waals surface area contributed by atoms with Gasteiger partial charge in [-0.1, -0.05) is 6.07 Å². The Hall–Kier alpha value is -1.69. The fourth-order valence-electron chi connectivity index (χ4n) is 2.42. The van der Waals surface area contributed by atoms with Crippen molar-refractivity contribution in [2.45, 2.75) is 38.8 Å². The molecule has 100 valence electrons. The SMILES string of the molecule is CC(NC(=O)Cc1cccs1)c1nnc2n1CCC2. The normalized spacial score (nSPS) is 15.2. The maximum atomic E-state index is 12.0. The van der Waals surface area contributed by atoms with E-state index in [0.29, 0.717) is 6.42 Å². The van der Waals surface area contributed by atoms with Crippen LogP contribution in [-0.4, -0.2) is 20.7 Å². The first kappa shape index (κ1) is 12.3. The average molecular weight is 276 g/mol. The van der Waals surface area contributed by atoms with Crippen LogP contribution in [0.25, 0.3) is 0 Å². The highest BCUT2D eigenvalue weighted by molar-refractivity contribution is 7.10. The summed E-state index contributed by atoms with van der Waals surface area (Å²) in [5.74, 6) is 1.94. The summed E-state index contributed by atoms with van der Waals surface area (Å²) in [6.45, 7) is 2.92. The maximum absolute atomic E-state index is 12.0. The van der Waals surface area contributed by atoms with Crippen LogP contribution in [0.2, 0.25) is 0 Å².